The summed E-state index contributed by atoms with van der Waals surface area (Å²) in [5.41, 5.74) is 4.10. The van der Waals surface area contributed by atoms with Gasteiger partial charge in [-0.2, -0.15) is 4.31 Å². The highest BCUT2D eigenvalue weighted by Crippen LogP contribution is 2.35. The Kier molecular flexibility index (Phi) is 7.19. The molecule has 0 radical (unpaired) electrons. The zero-order valence-electron chi connectivity index (χ0n) is 18.6. The predicted molar refractivity (Wildman–Crippen MR) is 114 cm³/mol. The third kappa shape index (κ3) is 6.43. The minimum atomic E-state index is -3.61. The van der Waals surface area contributed by atoms with E-state index in [1.165, 1.54) is 28.6 Å². The molecular formula is C21H33N3O5S. The summed E-state index contributed by atoms with van der Waals surface area (Å²) in [6.07, 6.45) is 0.882. The van der Waals surface area contributed by atoms with Gasteiger partial charge in [0.15, 0.2) is 0 Å². The largest absolute Gasteiger partial charge is 0.443 e. The first-order valence-electron chi connectivity index (χ1n) is 10.1. The van der Waals surface area contributed by atoms with Crippen molar-refractivity contribution in [3.63, 3.8) is 0 Å². The van der Waals surface area contributed by atoms with E-state index in [4.69, 9.17) is 4.74 Å². The van der Waals surface area contributed by atoms with Gasteiger partial charge in [-0.25, -0.2) is 18.6 Å². The van der Waals surface area contributed by atoms with Crippen LogP contribution in [0.4, 0.5) is 4.79 Å². The predicted octanol–water partition coefficient (Wildman–Crippen LogP) is 3.30. The first kappa shape index (κ1) is 24.1. The molecule has 2 N–H and O–H groups in total. The average Bonchev–Trinajstić information content (AvgIpc) is 2.64. The minimum absolute atomic E-state index is 0.147. The number of nitrogens with one attached hydrogen (secondary N) is 2. The maximum absolute atomic E-state index is 12.9. The van der Waals surface area contributed by atoms with Crippen LogP contribution in [0.25, 0.3) is 0 Å². The van der Waals surface area contributed by atoms with Crippen LogP contribution < -0.4 is 10.9 Å². The lowest BCUT2D eigenvalue weighted by atomic mass is 9.76. The fourth-order valence-corrected chi connectivity index (χ4v) is 4.84. The average molecular weight is 440 g/mol. The molecule has 1 aromatic rings. The van der Waals surface area contributed by atoms with Gasteiger partial charge >= 0.3 is 6.09 Å². The monoisotopic (exact) mass is 439 g/mol. The molecule has 0 unspecified atom stereocenters. The quantitative estimate of drug-likeness (QED) is 0.703. The van der Waals surface area contributed by atoms with Gasteiger partial charge in [0.1, 0.15) is 5.60 Å². The second-order valence-corrected chi connectivity index (χ2v) is 11.6. The number of carbonyl (C=O) groups excluding carboxylic acids is 2. The van der Waals surface area contributed by atoms with Crippen LogP contribution in [0.3, 0.4) is 0 Å². The molecule has 0 spiro atoms. The molecule has 1 saturated heterocycles. The van der Waals surface area contributed by atoms with Crippen molar-refractivity contribution in [2.45, 2.75) is 64.9 Å². The fourth-order valence-electron chi connectivity index (χ4n) is 3.37. The second kappa shape index (κ2) is 8.93. The molecule has 1 aromatic carbocycles. The topological polar surface area (TPSA) is 105 Å². The lowest BCUT2D eigenvalue weighted by Gasteiger charge is -2.38. The van der Waals surface area contributed by atoms with E-state index in [0.29, 0.717) is 19.0 Å². The van der Waals surface area contributed by atoms with E-state index in [1.54, 1.807) is 20.8 Å². The first-order chi connectivity index (χ1) is 13.7. The van der Waals surface area contributed by atoms with Crippen LogP contribution in [0.2, 0.25) is 0 Å². The fraction of sp³-hybridized carbons (Fsp3) is 0.619. The van der Waals surface area contributed by atoms with Crippen molar-refractivity contribution >= 4 is 22.0 Å². The van der Waals surface area contributed by atoms with Crippen molar-refractivity contribution in [3.8, 4) is 0 Å². The van der Waals surface area contributed by atoms with Gasteiger partial charge in [0.05, 0.1) is 4.90 Å². The van der Waals surface area contributed by atoms with E-state index in [0.717, 1.165) is 12.8 Å². The standard InChI is InChI=1S/C21H33N3O5S/c1-20(2,3)16-11-13-24(14-12-16)30(27,28)17-9-7-15(8-10-17)18(25)22-23-19(26)29-21(4,5)6/h7-10,16H,11-14H2,1-6H3,(H,22,25)(H,23,26). The molecule has 0 bridgehead atoms. The Morgan fingerprint density at radius 3 is 1.97 bits per heavy atom. The van der Waals surface area contributed by atoms with Gasteiger partial charge in [-0.05, 0) is 69.2 Å². The zero-order valence-corrected chi connectivity index (χ0v) is 19.4. The smallest absolute Gasteiger partial charge is 0.426 e. The van der Waals surface area contributed by atoms with Crippen LogP contribution >= 0.6 is 0 Å². The van der Waals surface area contributed by atoms with E-state index in [1.807, 2.05) is 0 Å². The number of hydrogen-bond donors (Lipinski definition) is 2. The molecule has 0 aromatic heterocycles. The Morgan fingerprint density at radius 2 is 1.50 bits per heavy atom. The lowest BCUT2D eigenvalue weighted by Crippen LogP contribution is -2.44. The Bertz CT molecular complexity index is 859. The summed E-state index contributed by atoms with van der Waals surface area (Å²) in [5, 5.41) is 0. The number of piperidine rings is 1. The number of rotatable bonds is 3. The third-order valence-corrected chi connectivity index (χ3v) is 7.02. The van der Waals surface area contributed by atoms with Gasteiger partial charge in [0, 0.05) is 18.7 Å². The van der Waals surface area contributed by atoms with Gasteiger partial charge < -0.3 is 4.74 Å². The maximum atomic E-state index is 12.9. The molecule has 9 heteroatoms. The van der Waals surface area contributed by atoms with E-state index in [2.05, 4.69) is 31.6 Å². The Hall–Kier alpha value is -2.13. The molecular weight excluding hydrogens is 406 g/mol. The molecule has 0 aliphatic carbocycles. The number of benzene rings is 1. The summed E-state index contributed by atoms with van der Waals surface area (Å²) in [5.74, 6) is -0.0803. The van der Waals surface area contributed by atoms with Gasteiger partial charge in [-0.15, -0.1) is 0 Å². The van der Waals surface area contributed by atoms with Crippen molar-refractivity contribution in [1.29, 1.82) is 0 Å². The number of carbonyl (C=O) groups is 2. The first-order valence-corrected chi connectivity index (χ1v) is 11.5. The van der Waals surface area contributed by atoms with Crippen LogP contribution in [0, 0.1) is 11.3 Å². The van der Waals surface area contributed by atoms with Gasteiger partial charge in [-0.1, -0.05) is 20.8 Å². The number of sulfonamides is 1. The summed E-state index contributed by atoms with van der Waals surface area (Å²) in [6.45, 7) is 12.7. The molecule has 2 rings (SSSR count). The van der Waals surface area contributed by atoms with Crippen molar-refractivity contribution < 1.29 is 22.7 Å². The summed E-state index contributed by atoms with van der Waals surface area (Å²) < 4.78 is 32.4. The highest BCUT2D eigenvalue weighted by atomic mass is 32.2. The van der Waals surface area contributed by atoms with Crippen LogP contribution in [-0.4, -0.2) is 43.4 Å². The molecule has 0 saturated carbocycles. The van der Waals surface area contributed by atoms with E-state index in [9.17, 15) is 18.0 Å². The number of hydrogen-bond acceptors (Lipinski definition) is 5. The van der Waals surface area contributed by atoms with E-state index in [-0.39, 0.29) is 15.9 Å². The number of ether oxygens (including phenoxy) is 1. The van der Waals surface area contributed by atoms with Crippen molar-refractivity contribution in [3.05, 3.63) is 29.8 Å². The number of hydrazine groups is 1. The Morgan fingerprint density at radius 1 is 0.967 bits per heavy atom. The SMILES string of the molecule is CC(C)(C)OC(=O)NNC(=O)c1ccc(S(=O)(=O)N2CCC(C(C)(C)C)CC2)cc1. The van der Waals surface area contributed by atoms with Crippen molar-refractivity contribution in [2.24, 2.45) is 11.3 Å². The molecule has 1 heterocycles. The maximum Gasteiger partial charge on any atom is 0.426 e. The molecule has 0 atom stereocenters. The number of nitrogens with zero attached hydrogens (tertiary/aromatic N) is 1. The normalized spacial score (nSPS) is 16.7. The molecule has 8 nitrogen and oxygen atoms in total. The van der Waals surface area contributed by atoms with Gasteiger partial charge in [-0.3, -0.25) is 10.2 Å². The molecule has 1 aliphatic rings. The van der Waals surface area contributed by atoms with Crippen LogP contribution in [0.15, 0.2) is 29.2 Å². The van der Waals surface area contributed by atoms with Crippen molar-refractivity contribution in [1.82, 2.24) is 15.2 Å². The van der Waals surface area contributed by atoms with Gasteiger partial charge in [0.25, 0.3) is 5.91 Å². The van der Waals surface area contributed by atoms with E-state index >= 15 is 0 Å². The van der Waals surface area contributed by atoms with Gasteiger partial charge in [0.2, 0.25) is 10.0 Å². The lowest BCUT2D eigenvalue weighted by molar-refractivity contribution is 0.0483. The molecule has 168 valence electrons. The highest BCUT2D eigenvalue weighted by Gasteiger charge is 2.34. The summed E-state index contributed by atoms with van der Waals surface area (Å²) in [4.78, 5) is 23.9. The second-order valence-electron chi connectivity index (χ2n) is 9.65. The summed E-state index contributed by atoms with van der Waals surface area (Å²) in [7, 11) is -3.61. The number of amides is 2. The van der Waals surface area contributed by atoms with Crippen LogP contribution in [0.5, 0.6) is 0 Å². The van der Waals surface area contributed by atoms with Crippen molar-refractivity contribution in [2.75, 3.05) is 13.1 Å². The Balaban J connectivity index is 1.98. The zero-order chi connectivity index (χ0) is 22.7. The molecule has 1 aliphatic heterocycles. The van der Waals surface area contributed by atoms with Crippen LogP contribution in [-0.2, 0) is 14.8 Å². The Labute approximate surface area is 179 Å². The molecule has 1 fully saturated rings. The summed E-state index contributed by atoms with van der Waals surface area (Å²) in [6, 6.07) is 5.66. The third-order valence-electron chi connectivity index (χ3n) is 5.11. The highest BCUT2D eigenvalue weighted by molar-refractivity contribution is 7.89. The van der Waals surface area contributed by atoms with E-state index < -0.39 is 27.6 Å². The molecule has 30 heavy (non-hydrogen) atoms. The van der Waals surface area contributed by atoms with Crippen LogP contribution in [0.1, 0.15) is 64.7 Å². The minimum Gasteiger partial charge on any atom is -0.443 e. The molecule has 2 amide bonds. The summed E-state index contributed by atoms with van der Waals surface area (Å²) >= 11 is 0.